The summed E-state index contributed by atoms with van der Waals surface area (Å²) in [5.74, 6) is 1.86. The van der Waals surface area contributed by atoms with Crippen molar-refractivity contribution in [3.63, 3.8) is 0 Å². The van der Waals surface area contributed by atoms with Crippen LogP contribution in [0.1, 0.15) is 23.6 Å². The molecule has 1 aliphatic rings. The number of hydrogen-bond acceptors (Lipinski definition) is 6. The zero-order valence-corrected chi connectivity index (χ0v) is 21.7. The van der Waals surface area contributed by atoms with E-state index in [4.69, 9.17) is 38.0 Å². The Morgan fingerprint density at radius 1 is 1.03 bits per heavy atom. The van der Waals surface area contributed by atoms with E-state index in [2.05, 4.69) is 0 Å². The average Bonchev–Trinajstić information content (AvgIpc) is 3.12. The maximum Gasteiger partial charge on any atom is 0.266 e. The summed E-state index contributed by atoms with van der Waals surface area (Å²) in [6.07, 6.45) is 1.83. The van der Waals surface area contributed by atoms with E-state index in [-0.39, 0.29) is 5.91 Å². The lowest BCUT2D eigenvalue weighted by atomic mass is 10.1. The molecule has 0 atom stereocenters. The number of nitrogens with zero attached hydrogens (tertiary/aromatic N) is 1. The third kappa shape index (κ3) is 6.17. The second-order valence-electron chi connectivity index (χ2n) is 7.64. The number of methoxy groups -OCH3 is 1. The quantitative estimate of drug-likeness (QED) is 0.228. The van der Waals surface area contributed by atoms with Gasteiger partial charge in [0.05, 0.1) is 25.2 Å². The van der Waals surface area contributed by atoms with Crippen molar-refractivity contribution >= 4 is 51.9 Å². The fraction of sp³-hybridized carbons (Fsp3) is 0.185. The first kappa shape index (κ1) is 25.1. The Morgan fingerprint density at radius 3 is 2.51 bits per heavy atom. The van der Waals surface area contributed by atoms with Crippen molar-refractivity contribution in [2.45, 2.75) is 20.1 Å². The minimum atomic E-state index is -0.118. The van der Waals surface area contributed by atoms with Crippen molar-refractivity contribution in [1.29, 1.82) is 0 Å². The van der Waals surface area contributed by atoms with Gasteiger partial charge in [-0.15, -0.1) is 0 Å². The molecule has 0 spiro atoms. The first-order chi connectivity index (χ1) is 17.0. The molecule has 1 amide bonds. The summed E-state index contributed by atoms with van der Waals surface area (Å²) in [6, 6.07) is 20.7. The SMILES string of the molecule is CCOc1cc(/C=C2\SC(=S)N(Cc3ccc(OC)cc3)C2=O)ccc1OCc1ccccc1Cl. The maximum absolute atomic E-state index is 13.1. The molecule has 5 nitrogen and oxygen atoms in total. The Bertz CT molecular complexity index is 1260. The molecule has 0 N–H and O–H groups in total. The molecule has 180 valence electrons. The molecule has 0 radical (unpaired) electrons. The van der Waals surface area contributed by atoms with Crippen LogP contribution < -0.4 is 14.2 Å². The number of rotatable bonds is 9. The van der Waals surface area contributed by atoms with E-state index in [9.17, 15) is 4.79 Å². The number of ether oxygens (including phenoxy) is 3. The second kappa shape index (κ2) is 11.6. The highest BCUT2D eigenvalue weighted by Gasteiger charge is 2.32. The first-order valence-corrected chi connectivity index (χ1v) is 12.6. The lowest BCUT2D eigenvalue weighted by molar-refractivity contribution is -0.122. The van der Waals surface area contributed by atoms with Crippen LogP contribution >= 0.6 is 35.6 Å². The molecule has 35 heavy (non-hydrogen) atoms. The summed E-state index contributed by atoms with van der Waals surface area (Å²) in [5, 5.41) is 0.652. The van der Waals surface area contributed by atoms with Crippen LogP contribution in [0.2, 0.25) is 5.02 Å². The van der Waals surface area contributed by atoms with Crippen LogP contribution in [0.4, 0.5) is 0 Å². The topological polar surface area (TPSA) is 48.0 Å². The third-order valence-electron chi connectivity index (χ3n) is 5.28. The van der Waals surface area contributed by atoms with E-state index in [1.807, 2.05) is 79.7 Å². The number of carbonyl (C=O) groups excluding carboxylic acids is 1. The fourth-order valence-corrected chi connectivity index (χ4v) is 4.92. The molecule has 0 saturated carbocycles. The Hall–Kier alpha value is -3.00. The monoisotopic (exact) mass is 525 g/mol. The lowest BCUT2D eigenvalue weighted by Crippen LogP contribution is -2.27. The number of thioether (sulfide) groups is 1. The van der Waals surface area contributed by atoms with Crippen LogP contribution in [0.3, 0.4) is 0 Å². The van der Waals surface area contributed by atoms with E-state index in [0.29, 0.717) is 45.5 Å². The highest BCUT2D eigenvalue weighted by Crippen LogP contribution is 2.36. The minimum Gasteiger partial charge on any atom is -0.497 e. The molecule has 0 aliphatic carbocycles. The predicted octanol–water partition coefficient (Wildman–Crippen LogP) is 6.73. The van der Waals surface area contributed by atoms with Gasteiger partial charge in [0.1, 0.15) is 16.7 Å². The zero-order valence-electron chi connectivity index (χ0n) is 19.3. The standard InChI is InChI=1S/C27H24ClNO4S2/c1-3-32-24-14-19(10-13-23(24)33-17-20-6-4-5-7-22(20)28)15-25-26(30)29(27(34)35-25)16-18-8-11-21(31-2)12-9-18/h4-15H,3,16-17H2,1-2H3/b25-15-. The molecule has 1 fully saturated rings. The Labute approximate surface area is 219 Å². The van der Waals surface area contributed by atoms with E-state index in [0.717, 1.165) is 22.4 Å². The Kier molecular flexibility index (Phi) is 8.33. The van der Waals surface area contributed by atoms with Crippen LogP contribution in [0.15, 0.2) is 71.6 Å². The number of amides is 1. The second-order valence-corrected chi connectivity index (χ2v) is 9.72. The van der Waals surface area contributed by atoms with E-state index < -0.39 is 0 Å². The zero-order chi connectivity index (χ0) is 24.8. The largest absolute Gasteiger partial charge is 0.497 e. The number of carbonyl (C=O) groups is 1. The van der Waals surface area contributed by atoms with Crippen LogP contribution in [0.25, 0.3) is 6.08 Å². The van der Waals surface area contributed by atoms with Crippen LogP contribution in [0, 0.1) is 0 Å². The third-order valence-corrected chi connectivity index (χ3v) is 7.03. The molecule has 1 heterocycles. The Balaban J connectivity index is 1.49. The van der Waals surface area contributed by atoms with Crippen molar-refractivity contribution in [3.05, 3.63) is 93.3 Å². The van der Waals surface area contributed by atoms with Gasteiger partial charge in [-0.25, -0.2) is 0 Å². The normalized spacial score (nSPS) is 14.5. The molecule has 1 saturated heterocycles. The molecule has 3 aromatic carbocycles. The van der Waals surface area contributed by atoms with E-state index in [1.54, 1.807) is 12.0 Å². The van der Waals surface area contributed by atoms with Crippen LogP contribution in [-0.4, -0.2) is 28.8 Å². The molecule has 8 heteroatoms. The molecule has 0 aromatic heterocycles. The van der Waals surface area contributed by atoms with Crippen LogP contribution in [-0.2, 0) is 17.9 Å². The van der Waals surface area contributed by atoms with Gasteiger partial charge in [-0.05, 0) is 54.5 Å². The van der Waals surface area contributed by atoms with E-state index in [1.165, 1.54) is 11.8 Å². The smallest absolute Gasteiger partial charge is 0.266 e. The van der Waals surface area contributed by atoms with Gasteiger partial charge in [0.25, 0.3) is 5.91 Å². The van der Waals surface area contributed by atoms with Crippen molar-refractivity contribution in [1.82, 2.24) is 4.90 Å². The highest BCUT2D eigenvalue weighted by atomic mass is 35.5. The fourth-order valence-electron chi connectivity index (χ4n) is 3.47. The van der Waals surface area contributed by atoms with Gasteiger partial charge in [-0.3, -0.25) is 9.69 Å². The van der Waals surface area contributed by atoms with Crippen molar-refractivity contribution in [2.75, 3.05) is 13.7 Å². The van der Waals surface area contributed by atoms with Gasteiger partial charge in [-0.2, -0.15) is 0 Å². The summed E-state index contributed by atoms with van der Waals surface area (Å²) in [4.78, 5) is 15.2. The molecule has 0 bridgehead atoms. The molecular formula is C27H24ClNO4S2. The summed E-state index contributed by atoms with van der Waals surface area (Å²) < 4.78 is 17.5. The molecule has 4 rings (SSSR count). The van der Waals surface area contributed by atoms with E-state index >= 15 is 0 Å². The van der Waals surface area contributed by atoms with Crippen molar-refractivity contribution in [2.24, 2.45) is 0 Å². The first-order valence-electron chi connectivity index (χ1n) is 11.0. The summed E-state index contributed by atoms with van der Waals surface area (Å²) >= 11 is 13.0. The van der Waals surface area contributed by atoms with Gasteiger partial charge < -0.3 is 14.2 Å². The van der Waals surface area contributed by atoms with Gasteiger partial charge in [0, 0.05) is 10.6 Å². The number of thiocarbonyl (C=S) groups is 1. The number of hydrogen-bond donors (Lipinski definition) is 0. The van der Waals surface area contributed by atoms with Gasteiger partial charge >= 0.3 is 0 Å². The molecule has 0 unspecified atom stereocenters. The molecule has 3 aromatic rings. The number of benzene rings is 3. The average molecular weight is 526 g/mol. The molecular weight excluding hydrogens is 502 g/mol. The van der Waals surface area contributed by atoms with Crippen molar-refractivity contribution in [3.8, 4) is 17.2 Å². The van der Waals surface area contributed by atoms with Gasteiger partial charge in [0.15, 0.2) is 11.5 Å². The minimum absolute atomic E-state index is 0.118. The summed E-state index contributed by atoms with van der Waals surface area (Å²) in [7, 11) is 1.62. The number of halogens is 1. The predicted molar refractivity (Wildman–Crippen MR) is 145 cm³/mol. The van der Waals surface area contributed by atoms with Crippen molar-refractivity contribution < 1.29 is 19.0 Å². The highest BCUT2D eigenvalue weighted by molar-refractivity contribution is 8.26. The molecule has 1 aliphatic heterocycles. The van der Waals surface area contributed by atoms with Gasteiger partial charge in [0.2, 0.25) is 0 Å². The van der Waals surface area contributed by atoms with Gasteiger partial charge in [-0.1, -0.05) is 72.0 Å². The van der Waals surface area contributed by atoms with Crippen LogP contribution in [0.5, 0.6) is 17.2 Å². The summed E-state index contributed by atoms with van der Waals surface area (Å²) in [5.41, 5.74) is 2.69. The lowest BCUT2D eigenvalue weighted by Gasteiger charge is -2.15. The summed E-state index contributed by atoms with van der Waals surface area (Å²) in [6.45, 7) is 3.12. The Morgan fingerprint density at radius 2 is 1.80 bits per heavy atom. The maximum atomic E-state index is 13.1.